The van der Waals surface area contributed by atoms with Gasteiger partial charge in [-0.3, -0.25) is 9.59 Å². The van der Waals surface area contributed by atoms with Crippen molar-refractivity contribution in [1.29, 1.82) is 0 Å². The summed E-state index contributed by atoms with van der Waals surface area (Å²) in [6.45, 7) is 3.65. The van der Waals surface area contributed by atoms with Crippen LogP contribution in [0.3, 0.4) is 0 Å². The molecule has 1 unspecified atom stereocenters. The van der Waals surface area contributed by atoms with E-state index in [1.807, 2.05) is 19.2 Å². The Hall–Kier alpha value is -2.67. The van der Waals surface area contributed by atoms with Crippen molar-refractivity contribution in [2.75, 3.05) is 12.4 Å². The zero-order valence-electron chi connectivity index (χ0n) is 14.2. The van der Waals surface area contributed by atoms with Crippen LogP contribution in [-0.4, -0.2) is 30.9 Å². The van der Waals surface area contributed by atoms with E-state index in [1.165, 1.54) is 18.4 Å². The number of hydrogen-bond donors (Lipinski definition) is 2. The van der Waals surface area contributed by atoms with E-state index < -0.39 is 12.0 Å². The minimum absolute atomic E-state index is 0.0965. The van der Waals surface area contributed by atoms with Gasteiger partial charge in [0.1, 0.15) is 6.04 Å². The fourth-order valence-electron chi connectivity index (χ4n) is 2.15. The summed E-state index contributed by atoms with van der Waals surface area (Å²) >= 11 is 1.35. The van der Waals surface area contributed by atoms with Crippen LogP contribution in [0.15, 0.2) is 41.8 Å². The van der Waals surface area contributed by atoms with E-state index in [1.54, 1.807) is 36.4 Å². The molecule has 0 fully saturated rings. The molecule has 0 aliphatic heterocycles. The molecule has 2 amide bonds. The summed E-state index contributed by atoms with van der Waals surface area (Å²) < 4.78 is 4.71. The molecule has 0 saturated heterocycles. The Morgan fingerprint density at radius 2 is 1.72 bits per heavy atom. The number of anilines is 1. The highest BCUT2D eigenvalue weighted by molar-refractivity contribution is 7.12. The van der Waals surface area contributed by atoms with Crippen LogP contribution in [0.5, 0.6) is 0 Å². The molecule has 1 aromatic carbocycles. The number of esters is 1. The molecule has 1 atom stereocenters. The average Bonchev–Trinajstić information content (AvgIpc) is 3.14. The zero-order valence-corrected chi connectivity index (χ0v) is 15.1. The largest absolute Gasteiger partial charge is 0.467 e. The Morgan fingerprint density at radius 3 is 2.24 bits per heavy atom. The Balaban J connectivity index is 2.02. The molecule has 2 aromatic rings. The second-order valence-corrected chi connectivity index (χ2v) is 6.67. The molecule has 0 spiro atoms. The lowest BCUT2D eigenvalue weighted by molar-refractivity contribution is -0.144. The van der Waals surface area contributed by atoms with Gasteiger partial charge in [-0.05, 0) is 41.6 Å². The Bertz CT molecular complexity index is 739. The first kappa shape index (κ1) is 18.7. The van der Waals surface area contributed by atoms with Crippen molar-refractivity contribution in [3.05, 3.63) is 52.2 Å². The van der Waals surface area contributed by atoms with Gasteiger partial charge in [0.2, 0.25) is 0 Å². The van der Waals surface area contributed by atoms with Crippen LogP contribution in [0.25, 0.3) is 0 Å². The maximum Gasteiger partial charge on any atom is 0.328 e. The molecule has 1 heterocycles. The monoisotopic (exact) mass is 360 g/mol. The van der Waals surface area contributed by atoms with E-state index in [0.29, 0.717) is 16.1 Å². The Kier molecular flexibility index (Phi) is 6.30. The molecule has 2 N–H and O–H groups in total. The van der Waals surface area contributed by atoms with Gasteiger partial charge in [0.05, 0.1) is 12.0 Å². The number of benzene rings is 1. The summed E-state index contributed by atoms with van der Waals surface area (Å²) in [5.41, 5.74) is 0.979. The molecule has 7 heteroatoms. The number of methoxy groups -OCH3 is 1. The lowest BCUT2D eigenvalue weighted by atomic mass is 10.0. The number of carbonyl (C=O) groups excluding carboxylic acids is 3. The van der Waals surface area contributed by atoms with Gasteiger partial charge in [0, 0.05) is 11.3 Å². The van der Waals surface area contributed by atoms with Crippen molar-refractivity contribution in [3.63, 3.8) is 0 Å². The number of carbonyl (C=O) groups is 3. The summed E-state index contributed by atoms with van der Waals surface area (Å²) in [7, 11) is 1.29. The van der Waals surface area contributed by atoms with Gasteiger partial charge in [-0.25, -0.2) is 4.79 Å². The maximum absolute atomic E-state index is 12.3. The van der Waals surface area contributed by atoms with Gasteiger partial charge >= 0.3 is 5.97 Å². The van der Waals surface area contributed by atoms with E-state index in [0.717, 1.165) is 0 Å². The SMILES string of the molecule is COC(=O)C(NC(=O)c1ccc(NC(=O)c2cccs2)cc1)C(C)C. The predicted molar refractivity (Wildman–Crippen MR) is 96.8 cm³/mol. The molecular weight excluding hydrogens is 340 g/mol. The topological polar surface area (TPSA) is 84.5 Å². The van der Waals surface area contributed by atoms with Crippen LogP contribution in [0.4, 0.5) is 5.69 Å². The van der Waals surface area contributed by atoms with Crippen LogP contribution < -0.4 is 10.6 Å². The second kappa shape index (κ2) is 8.43. The molecule has 0 aliphatic carbocycles. The lowest BCUT2D eigenvalue weighted by Gasteiger charge is -2.19. The quantitative estimate of drug-likeness (QED) is 0.776. The van der Waals surface area contributed by atoms with E-state index in [2.05, 4.69) is 10.6 Å². The van der Waals surface area contributed by atoms with Crippen molar-refractivity contribution in [2.24, 2.45) is 5.92 Å². The first-order valence-corrected chi connectivity index (χ1v) is 8.64. The third-order valence-electron chi connectivity index (χ3n) is 3.56. The summed E-state index contributed by atoms with van der Waals surface area (Å²) in [5, 5.41) is 7.26. The van der Waals surface area contributed by atoms with Crippen molar-refractivity contribution < 1.29 is 19.1 Å². The van der Waals surface area contributed by atoms with Crippen LogP contribution >= 0.6 is 11.3 Å². The maximum atomic E-state index is 12.3. The average molecular weight is 360 g/mol. The highest BCUT2D eigenvalue weighted by Gasteiger charge is 2.25. The molecule has 2 rings (SSSR count). The molecule has 1 aromatic heterocycles. The number of thiophene rings is 1. The van der Waals surface area contributed by atoms with E-state index in [-0.39, 0.29) is 17.7 Å². The fourth-order valence-corrected chi connectivity index (χ4v) is 2.77. The van der Waals surface area contributed by atoms with Gasteiger partial charge in [-0.1, -0.05) is 19.9 Å². The standard InChI is InChI=1S/C18H20N2O4S/c1-11(2)15(18(23)24-3)20-16(21)12-6-8-13(9-7-12)19-17(22)14-5-4-10-25-14/h4-11,15H,1-3H3,(H,19,22)(H,20,21). The van der Waals surface area contributed by atoms with Crippen molar-refractivity contribution in [2.45, 2.75) is 19.9 Å². The molecule has 0 aliphatic rings. The molecular formula is C18H20N2O4S. The molecule has 0 bridgehead atoms. The van der Waals surface area contributed by atoms with Gasteiger partial charge in [0.25, 0.3) is 11.8 Å². The molecule has 25 heavy (non-hydrogen) atoms. The number of ether oxygens (including phenoxy) is 1. The van der Waals surface area contributed by atoms with E-state index in [9.17, 15) is 14.4 Å². The van der Waals surface area contributed by atoms with Crippen molar-refractivity contribution in [1.82, 2.24) is 5.32 Å². The lowest BCUT2D eigenvalue weighted by Crippen LogP contribution is -2.45. The van der Waals surface area contributed by atoms with Crippen molar-refractivity contribution >= 4 is 34.8 Å². The van der Waals surface area contributed by atoms with Crippen LogP contribution in [0, 0.1) is 5.92 Å². The first-order valence-electron chi connectivity index (χ1n) is 7.76. The molecule has 0 radical (unpaired) electrons. The predicted octanol–water partition coefficient (Wildman–Crippen LogP) is 2.93. The highest BCUT2D eigenvalue weighted by atomic mass is 32.1. The summed E-state index contributed by atoms with van der Waals surface area (Å²) in [6.07, 6.45) is 0. The summed E-state index contributed by atoms with van der Waals surface area (Å²) in [4.78, 5) is 36.6. The van der Waals surface area contributed by atoms with E-state index in [4.69, 9.17) is 4.74 Å². The Labute approximate surface area is 150 Å². The number of hydrogen-bond acceptors (Lipinski definition) is 5. The second-order valence-electron chi connectivity index (χ2n) is 5.73. The fraction of sp³-hybridized carbons (Fsp3) is 0.278. The first-order chi connectivity index (χ1) is 11.9. The summed E-state index contributed by atoms with van der Waals surface area (Å²) in [5.74, 6) is -1.15. The van der Waals surface area contributed by atoms with Crippen LogP contribution in [-0.2, 0) is 9.53 Å². The number of rotatable bonds is 6. The van der Waals surface area contributed by atoms with Gasteiger partial charge in [-0.15, -0.1) is 11.3 Å². The van der Waals surface area contributed by atoms with Crippen molar-refractivity contribution in [3.8, 4) is 0 Å². The van der Waals surface area contributed by atoms with Gasteiger partial charge < -0.3 is 15.4 Å². The third kappa shape index (κ3) is 4.90. The van der Waals surface area contributed by atoms with Gasteiger partial charge in [0.15, 0.2) is 0 Å². The zero-order chi connectivity index (χ0) is 18.4. The number of nitrogens with one attached hydrogen (secondary N) is 2. The highest BCUT2D eigenvalue weighted by Crippen LogP contribution is 2.15. The van der Waals surface area contributed by atoms with Crippen LogP contribution in [0.2, 0.25) is 0 Å². The van der Waals surface area contributed by atoms with Crippen LogP contribution in [0.1, 0.15) is 33.9 Å². The molecule has 0 saturated carbocycles. The number of amides is 2. The minimum Gasteiger partial charge on any atom is -0.467 e. The van der Waals surface area contributed by atoms with E-state index >= 15 is 0 Å². The third-order valence-corrected chi connectivity index (χ3v) is 4.43. The minimum atomic E-state index is -0.712. The normalized spacial score (nSPS) is 11.7. The Morgan fingerprint density at radius 1 is 1.04 bits per heavy atom. The summed E-state index contributed by atoms with van der Waals surface area (Å²) in [6, 6.07) is 9.30. The molecule has 6 nitrogen and oxygen atoms in total. The van der Waals surface area contributed by atoms with Gasteiger partial charge in [-0.2, -0.15) is 0 Å². The molecule has 132 valence electrons. The smallest absolute Gasteiger partial charge is 0.328 e.